The second kappa shape index (κ2) is 10.5. The lowest BCUT2D eigenvalue weighted by molar-refractivity contribution is 0.159. The number of amides is 2. The van der Waals surface area contributed by atoms with Crippen LogP contribution in [0.25, 0.3) is 0 Å². The Labute approximate surface area is 210 Å². The number of nitrogens with one attached hydrogen (secondary N) is 2. The van der Waals surface area contributed by atoms with Crippen molar-refractivity contribution in [2.45, 2.75) is 50.1 Å². The van der Waals surface area contributed by atoms with Crippen molar-refractivity contribution in [2.24, 2.45) is 0 Å². The van der Waals surface area contributed by atoms with Gasteiger partial charge in [-0.05, 0) is 43.9 Å². The molecule has 0 radical (unpaired) electrons. The van der Waals surface area contributed by atoms with E-state index in [0.29, 0.717) is 43.5 Å². The Bertz CT molecular complexity index is 1170. The minimum atomic E-state index is -0.882. The van der Waals surface area contributed by atoms with Crippen molar-refractivity contribution in [1.82, 2.24) is 20.0 Å². The summed E-state index contributed by atoms with van der Waals surface area (Å²) in [7, 11) is 1.64. The zero-order valence-electron chi connectivity index (χ0n) is 20.7. The fourth-order valence-corrected chi connectivity index (χ4v) is 5.25. The average molecular weight is 498 g/mol. The van der Waals surface area contributed by atoms with Crippen LogP contribution in [0.5, 0.6) is 0 Å². The maximum atomic E-state index is 14.0. The molecule has 1 unspecified atom stereocenters. The van der Waals surface area contributed by atoms with Crippen LogP contribution in [0.2, 0.25) is 0 Å². The Balaban J connectivity index is 1.35. The van der Waals surface area contributed by atoms with E-state index >= 15 is 0 Å². The molecule has 1 saturated carbocycles. The monoisotopic (exact) mass is 497 g/mol. The van der Waals surface area contributed by atoms with Gasteiger partial charge in [-0.2, -0.15) is 5.10 Å². The van der Waals surface area contributed by atoms with Gasteiger partial charge in [0.25, 0.3) is 0 Å². The van der Waals surface area contributed by atoms with Crippen molar-refractivity contribution in [1.29, 1.82) is 0 Å². The van der Waals surface area contributed by atoms with E-state index in [1.807, 2.05) is 23.8 Å². The van der Waals surface area contributed by atoms with Crippen molar-refractivity contribution in [2.75, 3.05) is 38.7 Å². The van der Waals surface area contributed by atoms with Crippen LogP contribution in [0, 0.1) is 18.6 Å². The number of carbonyl (C=O) groups excluding carboxylic acids is 1. The van der Waals surface area contributed by atoms with Crippen LogP contribution in [-0.4, -0.2) is 60.1 Å². The van der Waals surface area contributed by atoms with E-state index in [9.17, 15) is 13.6 Å². The predicted molar refractivity (Wildman–Crippen MR) is 134 cm³/mol. The number of benzene rings is 1. The molecule has 0 spiro atoms. The quantitative estimate of drug-likeness (QED) is 0.558. The number of likely N-dealkylation sites (tertiary alicyclic amines) is 1. The summed E-state index contributed by atoms with van der Waals surface area (Å²) in [6, 6.07) is 3.41. The molecule has 2 aliphatic carbocycles. The summed E-state index contributed by atoms with van der Waals surface area (Å²) in [6.07, 6.45) is 11.3. The van der Waals surface area contributed by atoms with Crippen LogP contribution in [0.3, 0.4) is 0 Å². The van der Waals surface area contributed by atoms with E-state index in [-0.39, 0.29) is 24.0 Å². The Kier molecular flexibility index (Phi) is 7.20. The molecular formula is C27H33F2N5O2. The molecule has 2 fully saturated rings. The third-order valence-electron chi connectivity index (χ3n) is 7.35. The molecule has 2 N–H and O–H groups in total. The Morgan fingerprint density at radius 2 is 2.03 bits per heavy atom. The number of halogens is 2. The Morgan fingerprint density at radius 3 is 2.72 bits per heavy atom. The van der Waals surface area contributed by atoms with Gasteiger partial charge in [0.1, 0.15) is 5.82 Å². The van der Waals surface area contributed by atoms with Crippen LogP contribution < -0.4 is 10.6 Å². The maximum absolute atomic E-state index is 14.0. The summed E-state index contributed by atoms with van der Waals surface area (Å²) in [5.74, 6) is -0.773. The molecule has 0 bridgehead atoms. The molecule has 3 atom stereocenters. The highest BCUT2D eigenvalue weighted by atomic mass is 19.2. The van der Waals surface area contributed by atoms with E-state index in [0.717, 1.165) is 36.6 Å². The minimum absolute atomic E-state index is 0.0439. The summed E-state index contributed by atoms with van der Waals surface area (Å²) >= 11 is 0. The highest BCUT2D eigenvalue weighted by molar-refractivity contribution is 5.89. The Morgan fingerprint density at radius 1 is 1.19 bits per heavy atom. The highest BCUT2D eigenvalue weighted by Gasteiger charge is 2.36. The minimum Gasteiger partial charge on any atom is -0.383 e. The normalized spacial score (nSPS) is 23.8. The van der Waals surface area contributed by atoms with Crippen LogP contribution >= 0.6 is 0 Å². The number of hydrogen-bond acceptors (Lipinski definition) is 4. The van der Waals surface area contributed by atoms with E-state index < -0.39 is 11.6 Å². The standard InChI is InChI=1S/C27H33F2N5O2/c1-17-25(18-8-9-18)32-34(20-6-4-3-5-7-20)26(17)31-27(35)30-24-16-33(12-13-36-2)15-21(24)19-10-11-22(28)23(29)14-19/h3-6,10-11,14,18,20-21,24H,7-9,12-13,15-16H2,1-2H3,(H2,30,31,35)/t20?,21-,24+/m0/s1. The second-order valence-corrected chi connectivity index (χ2v) is 9.93. The third kappa shape index (κ3) is 5.22. The van der Waals surface area contributed by atoms with Gasteiger partial charge in [-0.25, -0.2) is 18.3 Å². The molecule has 1 aromatic carbocycles. The number of carbonyl (C=O) groups is 1. The summed E-state index contributed by atoms with van der Waals surface area (Å²) in [5, 5.41) is 11.1. The molecule has 7 nitrogen and oxygen atoms in total. The summed E-state index contributed by atoms with van der Waals surface area (Å²) < 4.78 is 34.7. The van der Waals surface area contributed by atoms with Gasteiger partial charge in [0.2, 0.25) is 0 Å². The topological polar surface area (TPSA) is 71.4 Å². The van der Waals surface area contributed by atoms with Crippen molar-refractivity contribution in [3.8, 4) is 0 Å². The lowest BCUT2D eigenvalue weighted by Gasteiger charge is -2.22. The number of urea groups is 1. The smallest absolute Gasteiger partial charge is 0.320 e. The summed E-state index contributed by atoms with van der Waals surface area (Å²) in [5.41, 5.74) is 2.72. The van der Waals surface area contributed by atoms with Gasteiger partial charge < -0.3 is 10.1 Å². The number of ether oxygens (including phenoxy) is 1. The van der Waals surface area contributed by atoms with Gasteiger partial charge in [-0.15, -0.1) is 0 Å². The van der Waals surface area contributed by atoms with E-state index in [1.54, 1.807) is 13.2 Å². The van der Waals surface area contributed by atoms with Crippen LogP contribution in [0.1, 0.15) is 54.0 Å². The zero-order valence-corrected chi connectivity index (χ0v) is 20.7. The third-order valence-corrected chi connectivity index (χ3v) is 7.35. The van der Waals surface area contributed by atoms with Crippen LogP contribution in [0.4, 0.5) is 19.4 Å². The number of methoxy groups -OCH3 is 1. The van der Waals surface area contributed by atoms with E-state index in [2.05, 4.69) is 27.7 Å². The first kappa shape index (κ1) is 24.6. The second-order valence-electron chi connectivity index (χ2n) is 9.93. The molecule has 192 valence electrons. The molecule has 9 heteroatoms. The predicted octanol–water partition coefficient (Wildman–Crippen LogP) is 4.64. The first-order chi connectivity index (χ1) is 17.4. The van der Waals surface area contributed by atoms with E-state index in [1.165, 1.54) is 6.07 Å². The van der Waals surface area contributed by atoms with Crippen molar-refractivity contribution in [3.05, 3.63) is 71.0 Å². The maximum Gasteiger partial charge on any atom is 0.320 e. The summed E-state index contributed by atoms with van der Waals surface area (Å²) in [6.45, 7) is 4.45. The molecule has 3 aliphatic rings. The molecule has 1 aliphatic heterocycles. The number of hydrogen-bond donors (Lipinski definition) is 2. The molecule has 2 amide bonds. The molecule has 1 saturated heterocycles. The first-order valence-corrected chi connectivity index (χ1v) is 12.6. The Hall–Kier alpha value is -3.04. The largest absolute Gasteiger partial charge is 0.383 e. The van der Waals surface area contributed by atoms with Crippen molar-refractivity contribution >= 4 is 11.8 Å². The molecule has 1 aromatic heterocycles. The van der Waals surface area contributed by atoms with Crippen molar-refractivity contribution < 1.29 is 18.3 Å². The molecule has 2 heterocycles. The zero-order chi connectivity index (χ0) is 25.2. The number of rotatable bonds is 8. The molecule has 5 rings (SSSR count). The van der Waals surface area contributed by atoms with Gasteiger partial charge in [0, 0.05) is 44.1 Å². The molecular weight excluding hydrogens is 464 g/mol. The van der Waals surface area contributed by atoms with Crippen LogP contribution in [-0.2, 0) is 4.74 Å². The van der Waals surface area contributed by atoms with E-state index in [4.69, 9.17) is 9.84 Å². The molecule has 36 heavy (non-hydrogen) atoms. The van der Waals surface area contributed by atoms with Gasteiger partial charge in [0.15, 0.2) is 11.6 Å². The van der Waals surface area contributed by atoms with Gasteiger partial charge in [0.05, 0.1) is 24.4 Å². The number of anilines is 1. The number of aromatic nitrogens is 2. The first-order valence-electron chi connectivity index (χ1n) is 12.6. The lowest BCUT2D eigenvalue weighted by atomic mass is 9.94. The SMILES string of the molecule is COCCN1C[C@@H](NC(=O)Nc2c(C)c(C3CC3)nn2C2C=CC=CC2)[C@H](c2ccc(F)c(F)c2)C1. The van der Waals surface area contributed by atoms with Crippen LogP contribution in [0.15, 0.2) is 42.5 Å². The fraction of sp³-hybridized carbons (Fsp3) is 0.481. The lowest BCUT2D eigenvalue weighted by Crippen LogP contribution is -2.42. The average Bonchev–Trinajstić information content (AvgIpc) is 3.57. The van der Waals surface area contributed by atoms with Crippen molar-refractivity contribution in [3.63, 3.8) is 0 Å². The number of allylic oxidation sites excluding steroid dienone is 4. The van der Waals surface area contributed by atoms with Gasteiger partial charge >= 0.3 is 6.03 Å². The summed E-state index contributed by atoms with van der Waals surface area (Å²) in [4.78, 5) is 15.5. The fourth-order valence-electron chi connectivity index (χ4n) is 5.25. The van der Waals surface area contributed by atoms with Gasteiger partial charge in [-0.3, -0.25) is 10.2 Å². The molecule has 2 aromatic rings. The van der Waals surface area contributed by atoms with Gasteiger partial charge in [-0.1, -0.05) is 30.4 Å². The highest BCUT2D eigenvalue weighted by Crippen LogP contribution is 2.43. The number of nitrogens with zero attached hydrogens (tertiary/aromatic N) is 3.